The Morgan fingerprint density at radius 3 is 2.36 bits per heavy atom. The third kappa shape index (κ3) is 5.31. The molecule has 0 aromatic heterocycles. The molecule has 0 aliphatic rings. The molecule has 0 aromatic carbocycles. The van der Waals surface area contributed by atoms with Crippen molar-refractivity contribution in [1.82, 2.24) is 10.8 Å². The molecule has 0 heterocycles. The zero-order valence-electron chi connectivity index (χ0n) is 5.83. The first-order valence-corrected chi connectivity index (χ1v) is 3.01. The van der Waals surface area contributed by atoms with Gasteiger partial charge in [0.25, 0.3) is 0 Å². The minimum atomic E-state index is -0.596. The van der Waals surface area contributed by atoms with E-state index in [1.807, 2.05) is 0 Å². The zero-order chi connectivity index (χ0) is 8.69. The Morgan fingerprint density at radius 2 is 1.91 bits per heavy atom. The Bertz CT molecular complexity index is 131. The van der Waals surface area contributed by atoms with Crippen molar-refractivity contribution in [2.75, 3.05) is 13.2 Å². The van der Waals surface area contributed by atoms with Gasteiger partial charge in [-0.05, 0) is 0 Å². The van der Waals surface area contributed by atoms with Crippen LogP contribution in [0.5, 0.6) is 0 Å². The quantitative estimate of drug-likeness (QED) is 0.283. The number of carbonyl (C=O) groups excluding carboxylic acids is 2. The summed E-state index contributed by atoms with van der Waals surface area (Å²) in [6.45, 7) is -0.494. The molecule has 0 spiro atoms. The topological polar surface area (TPSA) is 98.7 Å². The molecule has 4 N–H and O–H groups in total. The Hall–Kier alpha value is -1.14. The van der Waals surface area contributed by atoms with Gasteiger partial charge in [-0.15, -0.1) is 0 Å². The average Bonchev–Trinajstić information content (AvgIpc) is 2.04. The second kappa shape index (κ2) is 5.63. The number of amides is 2. The van der Waals surface area contributed by atoms with Crippen LogP contribution in [-0.4, -0.2) is 35.3 Å². The van der Waals surface area contributed by atoms with E-state index in [-0.39, 0.29) is 13.0 Å². The van der Waals surface area contributed by atoms with Crippen LogP contribution in [0.15, 0.2) is 0 Å². The van der Waals surface area contributed by atoms with Gasteiger partial charge >= 0.3 is 0 Å². The second-order valence-electron chi connectivity index (χ2n) is 1.79. The summed E-state index contributed by atoms with van der Waals surface area (Å²) in [4.78, 5) is 20.6. The first kappa shape index (κ1) is 9.86. The highest BCUT2D eigenvalue weighted by atomic mass is 16.5. The van der Waals surface area contributed by atoms with Gasteiger partial charge in [-0.3, -0.25) is 14.8 Å². The van der Waals surface area contributed by atoms with Crippen LogP contribution in [0.2, 0.25) is 0 Å². The molecular formula is C5H10N2O4. The first-order valence-electron chi connectivity index (χ1n) is 3.01. The number of hydrogen-bond donors (Lipinski definition) is 4. The van der Waals surface area contributed by atoms with E-state index < -0.39 is 18.4 Å². The summed E-state index contributed by atoms with van der Waals surface area (Å²) in [6, 6.07) is 0. The number of rotatable bonds is 4. The Kier molecular flexibility index (Phi) is 5.05. The van der Waals surface area contributed by atoms with E-state index in [1.165, 1.54) is 5.48 Å². The molecule has 0 fully saturated rings. The molecular weight excluding hydrogens is 152 g/mol. The van der Waals surface area contributed by atoms with Crippen molar-refractivity contribution in [2.24, 2.45) is 0 Å². The summed E-state index contributed by atoms with van der Waals surface area (Å²) in [6.07, 6.45) is -0.0117. The molecule has 11 heavy (non-hydrogen) atoms. The summed E-state index contributed by atoms with van der Waals surface area (Å²) in [5, 5.41) is 18.4. The largest absolute Gasteiger partial charge is 0.387 e. The molecule has 0 atom stereocenters. The van der Waals surface area contributed by atoms with E-state index in [1.54, 1.807) is 0 Å². The van der Waals surface area contributed by atoms with Gasteiger partial charge < -0.3 is 10.4 Å². The molecule has 6 nitrogen and oxygen atoms in total. The highest BCUT2D eigenvalue weighted by molar-refractivity contribution is 5.78. The van der Waals surface area contributed by atoms with Gasteiger partial charge in [0, 0.05) is 13.0 Å². The van der Waals surface area contributed by atoms with E-state index in [0.29, 0.717) is 0 Å². The maximum Gasteiger partial charge on any atom is 0.245 e. The molecule has 6 heteroatoms. The number of carbonyl (C=O) groups is 2. The van der Waals surface area contributed by atoms with Crippen molar-refractivity contribution >= 4 is 11.8 Å². The van der Waals surface area contributed by atoms with Crippen LogP contribution in [0.3, 0.4) is 0 Å². The smallest absolute Gasteiger partial charge is 0.245 e. The Labute approximate surface area is 63.2 Å². The van der Waals surface area contributed by atoms with Crippen molar-refractivity contribution < 1.29 is 19.9 Å². The lowest BCUT2D eigenvalue weighted by molar-refractivity contribution is -0.129. The molecule has 64 valence electrons. The van der Waals surface area contributed by atoms with Crippen LogP contribution in [0.4, 0.5) is 0 Å². The van der Waals surface area contributed by atoms with Crippen LogP contribution < -0.4 is 10.8 Å². The summed E-state index contributed by atoms with van der Waals surface area (Å²) in [5.74, 6) is -1.13. The van der Waals surface area contributed by atoms with Gasteiger partial charge in [0.05, 0.1) is 0 Å². The first-order chi connectivity index (χ1) is 5.20. The molecule has 0 aliphatic carbocycles. The fourth-order valence-corrected chi connectivity index (χ4v) is 0.427. The van der Waals surface area contributed by atoms with Gasteiger partial charge in [0.15, 0.2) is 0 Å². The minimum absolute atomic E-state index is 0.0117. The number of aliphatic hydroxyl groups is 1. The summed E-state index contributed by atoms with van der Waals surface area (Å²) >= 11 is 0. The lowest BCUT2D eigenvalue weighted by Crippen LogP contribution is -2.30. The maximum absolute atomic E-state index is 10.3. The molecule has 0 rings (SSSR count). The highest BCUT2D eigenvalue weighted by Gasteiger charge is 2.00. The SMILES string of the molecule is O=C(CCNC(=O)CO)NO. The number of nitrogens with one attached hydrogen (secondary N) is 2. The summed E-state index contributed by atoms with van der Waals surface area (Å²) in [5.41, 5.74) is 1.40. The lowest BCUT2D eigenvalue weighted by Gasteiger charge is -2.00. The summed E-state index contributed by atoms with van der Waals surface area (Å²) in [7, 11) is 0. The molecule has 0 bridgehead atoms. The molecule has 0 saturated carbocycles. The van der Waals surface area contributed by atoms with Gasteiger partial charge in [0.1, 0.15) is 6.61 Å². The predicted molar refractivity (Wildman–Crippen MR) is 34.6 cm³/mol. The Morgan fingerprint density at radius 1 is 1.27 bits per heavy atom. The van der Waals surface area contributed by atoms with Crippen LogP contribution in [0.25, 0.3) is 0 Å². The second-order valence-corrected chi connectivity index (χ2v) is 1.79. The Balaban J connectivity index is 3.27. The monoisotopic (exact) mass is 162 g/mol. The van der Waals surface area contributed by atoms with E-state index >= 15 is 0 Å². The van der Waals surface area contributed by atoms with Gasteiger partial charge in [0.2, 0.25) is 11.8 Å². The number of hydrogen-bond acceptors (Lipinski definition) is 4. The van der Waals surface area contributed by atoms with Gasteiger partial charge in [-0.1, -0.05) is 0 Å². The highest BCUT2D eigenvalue weighted by Crippen LogP contribution is 1.74. The molecule has 2 amide bonds. The van der Waals surface area contributed by atoms with Crippen LogP contribution in [-0.2, 0) is 9.59 Å². The molecule has 0 aromatic rings. The van der Waals surface area contributed by atoms with Crippen molar-refractivity contribution in [2.45, 2.75) is 6.42 Å². The van der Waals surface area contributed by atoms with Crippen LogP contribution >= 0.6 is 0 Å². The fourth-order valence-electron chi connectivity index (χ4n) is 0.427. The number of hydroxylamine groups is 1. The van der Waals surface area contributed by atoms with Crippen molar-refractivity contribution in [3.8, 4) is 0 Å². The normalized spacial score (nSPS) is 8.91. The maximum atomic E-state index is 10.3. The minimum Gasteiger partial charge on any atom is -0.387 e. The number of aliphatic hydroxyl groups excluding tert-OH is 1. The molecule has 0 saturated heterocycles. The summed E-state index contributed by atoms with van der Waals surface area (Å²) < 4.78 is 0. The lowest BCUT2D eigenvalue weighted by atomic mass is 10.4. The zero-order valence-corrected chi connectivity index (χ0v) is 5.83. The van der Waals surface area contributed by atoms with Gasteiger partial charge in [-0.25, -0.2) is 5.48 Å². The third-order valence-corrected chi connectivity index (χ3v) is 0.943. The van der Waals surface area contributed by atoms with Crippen molar-refractivity contribution in [3.63, 3.8) is 0 Å². The van der Waals surface area contributed by atoms with Crippen molar-refractivity contribution in [3.05, 3.63) is 0 Å². The third-order valence-electron chi connectivity index (χ3n) is 0.943. The molecule has 0 radical (unpaired) electrons. The van der Waals surface area contributed by atoms with E-state index in [4.69, 9.17) is 10.3 Å². The van der Waals surface area contributed by atoms with Crippen LogP contribution in [0, 0.1) is 0 Å². The molecule has 0 aliphatic heterocycles. The predicted octanol–water partition coefficient (Wildman–Crippen LogP) is -2.01. The standard InChI is InChI=1S/C5H10N2O4/c8-3-5(10)6-2-1-4(9)7-11/h8,11H,1-3H2,(H,6,10)(H,7,9). The fraction of sp³-hybridized carbons (Fsp3) is 0.600. The van der Waals surface area contributed by atoms with Gasteiger partial charge in [-0.2, -0.15) is 0 Å². The van der Waals surface area contributed by atoms with E-state index in [0.717, 1.165) is 0 Å². The average molecular weight is 162 g/mol. The van der Waals surface area contributed by atoms with Crippen LogP contribution in [0.1, 0.15) is 6.42 Å². The van der Waals surface area contributed by atoms with E-state index in [9.17, 15) is 9.59 Å². The van der Waals surface area contributed by atoms with E-state index in [2.05, 4.69) is 5.32 Å². The molecule has 0 unspecified atom stereocenters. The van der Waals surface area contributed by atoms with Crippen molar-refractivity contribution in [1.29, 1.82) is 0 Å².